The molecule has 2 aromatic rings. The van der Waals surface area contributed by atoms with Crippen LogP contribution in [0.3, 0.4) is 0 Å². The standard InChI is InChI=1S/C16H21N3O2/c1-4-16-18-12-10-17-8-7-13(12)19(16)14-9-11(20-2)5-6-15(14)21-3/h5-6,9,17H,4,7-8,10H2,1-3H3. The van der Waals surface area contributed by atoms with Gasteiger partial charge in [-0.15, -0.1) is 0 Å². The Morgan fingerprint density at radius 1 is 1.29 bits per heavy atom. The molecule has 0 radical (unpaired) electrons. The van der Waals surface area contributed by atoms with E-state index in [-0.39, 0.29) is 0 Å². The summed E-state index contributed by atoms with van der Waals surface area (Å²) in [5, 5.41) is 3.38. The maximum absolute atomic E-state index is 5.54. The highest BCUT2D eigenvalue weighted by Crippen LogP contribution is 2.31. The Hall–Kier alpha value is -2.01. The van der Waals surface area contributed by atoms with E-state index in [0.717, 1.165) is 54.6 Å². The largest absolute Gasteiger partial charge is 0.497 e. The summed E-state index contributed by atoms with van der Waals surface area (Å²) in [5.74, 6) is 2.73. The third kappa shape index (κ3) is 2.38. The van der Waals surface area contributed by atoms with Crippen molar-refractivity contribution in [3.63, 3.8) is 0 Å². The molecule has 0 saturated carbocycles. The van der Waals surface area contributed by atoms with E-state index in [2.05, 4.69) is 16.8 Å². The van der Waals surface area contributed by atoms with Gasteiger partial charge in [0.2, 0.25) is 0 Å². The number of nitrogens with one attached hydrogen (secondary N) is 1. The number of aryl methyl sites for hydroxylation is 1. The molecule has 5 heteroatoms. The lowest BCUT2D eigenvalue weighted by Gasteiger charge is -2.18. The van der Waals surface area contributed by atoms with Gasteiger partial charge in [0.1, 0.15) is 17.3 Å². The van der Waals surface area contributed by atoms with Gasteiger partial charge < -0.3 is 14.8 Å². The van der Waals surface area contributed by atoms with Crippen LogP contribution in [0.5, 0.6) is 11.5 Å². The van der Waals surface area contributed by atoms with Crippen LogP contribution in [-0.2, 0) is 19.4 Å². The molecule has 0 spiro atoms. The van der Waals surface area contributed by atoms with Crippen molar-refractivity contribution < 1.29 is 9.47 Å². The predicted molar refractivity (Wildman–Crippen MR) is 81.5 cm³/mol. The number of ether oxygens (including phenoxy) is 2. The van der Waals surface area contributed by atoms with Crippen molar-refractivity contribution in [1.82, 2.24) is 14.9 Å². The number of hydrogen-bond donors (Lipinski definition) is 1. The van der Waals surface area contributed by atoms with Crippen LogP contribution in [-0.4, -0.2) is 30.3 Å². The van der Waals surface area contributed by atoms with Gasteiger partial charge in [0.15, 0.2) is 0 Å². The van der Waals surface area contributed by atoms with Crippen molar-refractivity contribution in [2.75, 3.05) is 20.8 Å². The number of rotatable bonds is 4. The van der Waals surface area contributed by atoms with Gasteiger partial charge in [0, 0.05) is 37.7 Å². The Balaban J connectivity index is 2.21. The molecule has 1 aliphatic heterocycles. The van der Waals surface area contributed by atoms with Gasteiger partial charge in [-0.3, -0.25) is 4.57 Å². The van der Waals surface area contributed by atoms with E-state index < -0.39 is 0 Å². The maximum Gasteiger partial charge on any atom is 0.143 e. The fourth-order valence-electron chi connectivity index (χ4n) is 2.86. The normalized spacial score (nSPS) is 13.9. The lowest BCUT2D eigenvalue weighted by Crippen LogP contribution is -2.24. The van der Waals surface area contributed by atoms with Gasteiger partial charge in [-0.05, 0) is 12.1 Å². The van der Waals surface area contributed by atoms with Gasteiger partial charge in [0.05, 0.1) is 25.6 Å². The van der Waals surface area contributed by atoms with E-state index >= 15 is 0 Å². The number of nitrogens with zero attached hydrogens (tertiary/aromatic N) is 2. The Bertz CT molecular complexity index is 649. The van der Waals surface area contributed by atoms with Crippen LogP contribution in [0.2, 0.25) is 0 Å². The van der Waals surface area contributed by atoms with Crippen molar-refractivity contribution >= 4 is 0 Å². The van der Waals surface area contributed by atoms with E-state index in [0.29, 0.717) is 0 Å². The second-order valence-corrected chi connectivity index (χ2v) is 5.07. The number of fused-ring (bicyclic) bond motifs is 1. The number of benzene rings is 1. The molecule has 2 heterocycles. The van der Waals surface area contributed by atoms with Crippen molar-refractivity contribution in [3.8, 4) is 17.2 Å². The van der Waals surface area contributed by atoms with Gasteiger partial charge in [-0.25, -0.2) is 4.98 Å². The molecule has 0 amide bonds. The smallest absolute Gasteiger partial charge is 0.143 e. The average Bonchev–Trinajstić information content (AvgIpc) is 2.92. The number of aromatic nitrogens is 2. The quantitative estimate of drug-likeness (QED) is 0.935. The second-order valence-electron chi connectivity index (χ2n) is 5.07. The molecule has 0 unspecified atom stereocenters. The van der Waals surface area contributed by atoms with E-state index in [1.807, 2.05) is 18.2 Å². The summed E-state index contributed by atoms with van der Waals surface area (Å²) in [7, 11) is 3.38. The van der Waals surface area contributed by atoms with E-state index in [4.69, 9.17) is 14.5 Å². The van der Waals surface area contributed by atoms with Crippen LogP contribution in [0.1, 0.15) is 24.1 Å². The van der Waals surface area contributed by atoms with Crippen molar-refractivity contribution in [2.24, 2.45) is 0 Å². The summed E-state index contributed by atoms with van der Waals surface area (Å²) in [6.07, 6.45) is 1.86. The van der Waals surface area contributed by atoms with Crippen LogP contribution in [0.15, 0.2) is 18.2 Å². The number of hydrogen-bond acceptors (Lipinski definition) is 4. The average molecular weight is 287 g/mol. The number of methoxy groups -OCH3 is 2. The Kier molecular flexibility index (Phi) is 3.84. The molecule has 1 N–H and O–H groups in total. The summed E-state index contributed by atoms with van der Waals surface area (Å²) >= 11 is 0. The summed E-state index contributed by atoms with van der Waals surface area (Å²) in [5.41, 5.74) is 3.42. The first-order chi connectivity index (χ1) is 10.3. The molecule has 0 fully saturated rings. The molecule has 5 nitrogen and oxygen atoms in total. The van der Waals surface area contributed by atoms with Gasteiger partial charge in [-0.1, -0.05) is 6.92 Å². The minimum absolute atomic E-state index is 0.823. The zero-order chi connectivity index (χ0) is 14.8. The van der Waals surface area contributed by atoms with Crippen molar-refractivity contribution in [1.29, 1.82) is 0 Å². The lowest BCUT2D eigenvalue weighted by molar-refractivity contribution is 0.401. The van der Waals surface area contributed by atoms with E-state index in [9.17, 15) is 0 Å². The molecule has 1 aromatic carbocycles. The van der Waals surface area contributed by atoms with Crippen LogP contribution >= 0.6 is 0 Å². The molecular formula is C16H21N3O2. The lowest BCUT2D eigenvalue weighted by atomic mass is 10.1. The molecule has 1 aromatic heterocycles. The molecule has 21 heavy (non-hydrogen) atoms. The first kappa shape index (κ1) is 13.9. The summed E-state index contributed by atoms with van der Waals surface area (Å²) in [6, 6.07) is 5.88. The molecule has 0 aliphatic carbocycles. The van der Waals surface area contributed by atoms with E-state index in [1.54, 1.807) is 14.2 Å². The molecule has 0 saturated heterocycles. The van der Waals surface area contributed by atoms with Crippen molar-refractivity contribution in [3.05, 3.63) is 35.4 Å². The Labute approximate surface area is 124 Å². The van der Waals surface area contributed by atoms with Crippen LogP contribution in [0.4, 0.5) is 0 Å². The molecule has 1 aliphatic rings. The van der Waals surface area contributed by atoms with Crippen LogP contribution < -0.4 is 14.8 Å². The van der Waals surface area contributed by atoms with Gasteiger partial charge >= 0.3 is 0 Å². The van der Waals surface area contributed by atoms with Gasteiger partial charge in [0.25, 0.3) is 0 Å². The minimum Gasteiger partial charge on any atom is -0.497 e. The third-order valence-electron chi connectivity index (χ3n) is 3.90. The zero-order valence-corrected chi connectivity index (χ0v) is 12.8. The monoisotopic (exact) mass is 287 g/mol. The minimum atomic E-state index is 0.823. The fourth-order valence-corrected chi connectivity index (χ4v) is 2.86. The van der Waals surface area contributed by atoms with Crippen LogP contribution in [0.25, 0.3) is 5.69 Å². The van der Waals surface area contributed by atoms with Crippen LogP contribution in [0, 0.1) is 0 Å². The molecule has 112 valence electrons. The molecular weight excluding hydrogens is 266 g/mol. The van der Waals surface area contributed by atoms with Crippen molar-refractivity contribution in [2.45, 2.75) is 26.3 Å². The highest BCUT2D eigenvalue weighted by molar-refractivity contribution is 5.53. The SMILES string of the molecule is CCc1nc2c(n1-c1cc(OC)ccc1OC)CCNC2. The number of imidazole rings is 1. The summed E-state index contributed by atoms with van der Waals surface area (Å²) < 4.78 is 13.1. The third-order valence-corrected chi connectivity index (χ3v) is 3.90. The summed E-state index contributed by atoms with van der Waals surface area (Å²) in [6.45, 7) is 3.94. The highest BCUT2D eigenvalue weighted by atomic mass is 16.5. The highest BCUT2D eigenvalue weighted by Gasteiger charge is 2.22. The second kappa shape index (κ2) is 5.77. The molecule has 0 atom stereocenters. The fraction of sp³-hybridized carbons (Fsp3) is 0.438. The van der Waals surface area contributed by atoms with E-state index in [1.165, 1.54) is 5.69 Å². The first-order valence-electron chi connectivity index (χ1n) is 7.31. The summed E-state index contributed by atoms with van der Waals surface area (Å²) in [4.78, 5) is 4.78. The van der Waals surface area contributed by atoms with Gasteiger partial charge in [-0.2, -0.15) is 0 Å². The maximum atomic E-state index is 5.54. The topological polar surface area (TPSA) is 48.3 Å². The Morgan fingerprint density at radius 3 is 2.86 bits per heavy atom. The molecule has 3 rings (SSSR count). The predicted octanol–water partition coefficient (Wildman–Crippen LogP) is 2.10. The Morgan fingerprint density at radius 2 is 2.14 bits per heavy atom. The zero-order valence-electron chi connectivity index (χ0n) is 12.8. The first-order valence-corrected chi connectivity index (χ1v) is 7.31. The molecule has 0 bridgehead atoms.